The lowest BCUT2D eigenvalue weighted by molar-refractivity contribution is -0.140. The van der Waals surface area contributed by atoms with Crippen LogP contribution in [-0.2, 0) is 29.0 Å². The Morgan fingerprint density at radius 3 is 2.26 bits per heavy atom. The summed E-state index contributed by atoms with van der Waals surface area (Å²) in [4.78, 5) is 46.3. The molecule has 38 heavy (non-hydrogen) atoms. The van der Waals surface area contributed by atoms with Crippen molar-refractivity contribution in [3.8, 4) is 0 Å². The van der Waals surface area contributed by atoms with Gasteiger partial charge < -0.3 is 24.7 Å². The van der Waals surface area contributed by atoms with Crippen molar-refractivity contribution < 1.29 is 19.5 Å². The lowest BCUT2D eigenvalue weighted by Gasteiger charge is -2.37. The van der Waals surface area contributed by atoms with Crippen LogP contribution in [0.3, 0.4) is 0 Å². The maximum Gasteiger partial charge on any atom is 0.274 e. The van der Waals surface area contributed by atoms with Gasteiger partial charge in [0.15, 0.2) is 5.69 Å². The van der Waals surface area contributed by atoms with Crippen LogP contribution in [0.4, 0.5) is 5.69 Å². The number of piperazine rings is 2. The van der Waals surface area contributed by atoms with Gasteiger partial charge in [0.05, 0.1) is 0 Å². The maximum absolute atomic E-state index is 13.4. The molecule has 1 aromatic carbocycles. The number of anilines is 1. The van der Waals surface area contributed by atoms with E-state index in [1.165, 1.54) is 23.7 Å². The van der Waals surface area contributed by atoms with Gasteiger partial charge in [-0.25, -0.2) is 0 Å². The average molecular weight is 523 g/mol. The number of carbonyl (C=O) groups excluding carboxylic acids is 3. The largest absolute Gasteiger partial charge is 0.384 e. The average Bonchev–Trinajstić information content (AvgIpc) is 3.53. The van der Waals surface area contributed by atoms with Gasteiger partial charge in [0, 0.05) is 69.3 Å². The van der Waals surface area contributed by atoms with Crippen LogP contribution in [0.25, 0.3) is 0 Å². The highest BCUT2D eigenvalue weighted by molar-refractivity contribution is 5.94. The van der Waals surface area contributed by atoms with Crippen LogP contribution in [0.1, 0.15) is 46.2 Å². The van der Waals surface area contributed by atoms with Gasteiger partial charge in [-0.15, -0.1) is 0 Å². The second kappa shape index (κ2) is 10.8. The number of fused-ring (bicyclic) bond motifs is 1. The van der Waals surface area contributed by atoms with E-state index in [0.29, 0.717) is 45.0 Å². The SMILES string of the molecule is Cc1cccc(N2CCN(C(=O)Cn3nc(C(=O)N4CCN(C(=O)[C@H](C)O)CC4)c4c3CCC4)CC2)c1C. The van der Waals surface area contributed by atoms with E-state index in [1.54, 1.807) is 14.5 Å². The lowest BCUT2D eigenvalue weighted by atomic mass is 10.1. The van der Waals surface area contributed by atoms with Gasteiger partial charge in [-0.2, -0.15) is 5.10 Å². The minimum atomic E-state index is -1.04. The van der Waals surface area contributed by atoms with Crippen molar-refractivity contribution in [2.45, 2.75) is 52.7 Å². The number of hydrogen-bond donors (Lipinski definition) is 1. The molecule has 10 heteroatoms. The van der Waals surface area contributed by atoms with Crippen molar-refractivity contribution >= 4 is 23.4 Å². The van der Waals surface area contributed by atoms with Crippen molar-refractivity contribution in [3.05, 3.63) is 46.3 Å². The summed E-state index contributed by atoms with van der Waals surface area (Å²) >= 11 is 0. The molecule has 1 aromatic heterocycles. The summed E-state index contributed by atoms with van der Waals surface area (Å²) in [6.07, 6.45) is 1.52. The van der Waals surface area contributed by atoms with Crippen LogP contribution in [0.5, 0.6) is 0 Å². The number of aliphatic hydroxyl groups is 1. The topological polar surface area (TPSA) is 102 Å². The summed E-state index contributed by atoms with van der Waals surface area (Å²) in [6.45, 7) is 10.4. The number of benzene rings is 1. The zero-order chi connectivity index (χ0) is 27.0. The van der Waals surface area contributed by atoms with Gasteiger partial charge in [-0.3, -0.25) is 19.1 Å². The number of aliphatic hydroxyl groups excluding tert-OH is 1. The molecule has 5 rings (SSSR count). The maximum atomic E-state index is 13.4. The van der Waals surface area contributed by atoms with Crippen molar-refractivity contribution in [1.82, 2.24) is 24.5 Å². The number of nitrogens with zero attached hydrogens (tertiary/aromatic N) is 6. The molecule has 1 aliphatic carbocycles. The molecule has 2 aromatic rings. The van der Waals surface area contributed by atoms with Crippen molar-refractivity contribution in [1.29, 1.82) is 0 Å². The van der Waals surface area contributed by atoms with Gasteiger partial charge in [0.1, 0.15) is 12.6 Å². The molecule has 10 nitrogen and oxygen atoms in total. The van der Waals surface area contributed by atoms with E-state index in [4.69, 9.17) is 0 Å². The van der Waals surface area contributed by atoms with E-state index in [2.05, 4.69) is 42.0 Å². The molecule has 0 saturated carbocycles. The molecule has 1 atom stereocenters. The Bertz CT molecular complexity index is 1220. The first-order valence-corrected chi connectivity index (χ1v) is 13.7. The van der Waals surface area contributed by atoms with Gasteiger partial charge >= 0.3 is 0 Å². The highest BCUT2D eigenvalue weighted by Gasteiger charge is 2.33. The third-order valence-corrected chi connectivity index (χ3v) is 8.28. The zero-order valence-corrected chi connectivity index (χ0v) is 22.6. The van der Waals surface area contributed by atoms with E-state index in [0.717, 1.165) is 43.6 Å². The quantitative estimate of drug-likeness (QED) is 0.629. The molecule has 3 heterocycles. The van der Waals surface area contributed by atoms with Crippen LogP contribution in [0.2, 0.25) is 0 Å². The summed E-state index contributed by atoms with van der Waals surface area (Å²) in [5.74, 6) is -0.414. The molecule has 0 radical (unpaired) electrons. The Labute approximate surface area is 223 Å². The monoisotopic (exact) mass is 522 g/mol. The predicted octanol–water partition coefficient (Wildman–Crippen LogP) is 1.00. The number of aromatic nitrogens is 2. The number of hydrogen-bond acceptors (Lipinski definition) is 6. The molecule has 204 valence electrons. The van der Waals surface area contributed by atoms with Crippen LogP contribution in [-0.4, -0.2) is 106 Å². The van der Waals surface area contributed by atoms with E-state index >= 15 is 0 Å². The van der Waals surface area contributed by atoms with Crippen molar-refractivity contribution in [3.63, 3.8) is 0 Å². The summed E-state index contributed by atoms with van der Waals surface area (Å²) < 4.78 is 1.75. The first kappa shape index (κ1) is 26.2. The molecule has 2 saturated heterocycles. The lowest BCUT2D eigenvalue weighted by Crippen LogP contribution is -2.52. The van der Waals surface area contributed by atoms with Crippen molar-refractivity contribution in [2.24, 2.45) is 0 Å². The van der Waals surface area contributed by atoms with Gasteiger partial charge in [0.25, 0.3) is 11.8 Å². The third kappa shape index (κ3) is 5.01. The summed E-state index contributed by atoms with van der Waals surface area (Å²) in [5, 5.41) is 14.2. The second-order valence-corrected chi connectivity index (χ2v) is 10.7. The molecule has 0 unspecified atom stereocenters. The van der Waals surface area contributed by atoms with Gasteiger partial charge in [-0.05, 0) is 57.2 Å². The molecule has 2 fully saturated rings. The first-order chi connectivity index (χ1) is 18.2. The summed E-state index contributed by atoms with van der Waals surface area (Å²) in [5.41, 5.74) is 6.20. The molecule has 1 N–H and O–H groups in total. The Balaban J connectivity index is 1.22. The minimum Gasteiger partial charge on any atom is -0.384 e. The third-order valence-electron chi connectivity index (χ3n) is 8.28. The molecule has 3 aliphatic rings. The smallest absolute Gasteiger partial charge is 0.274 e. The van der Waals surface area contributed by atoms with Crippen LogP contribution in [0.15, 0.2) is 18.2 Å². The number of aryl methyl sites for hydroxylation is 1. The zero-order valence-electron chi connectivity index (χ0n) is 22.6. The van der Waals surface area contributed by atoms with Crippen LogP contribution >= 0.6 is 0 Å². The summed E-state index contributed by atoms with van der Waals surface area (Å²) in [7, 11) is 0. The van der Waals surface area contributed by atoms with Crippen molar-refractivity contribution in [2.75, 3.05) is 57.3 Å². The molecule has 0 bridgehead atoms. The van der Waals surface area contributed by atoms with E-state index in [1.807, 2.05) is 4.90 Å². The predicted molar refractivity (Wildman–Crippen MR) is 143 cm³/mol. The standard InChI is InChI=1S/C28H38N6O4/c1-19-6-4-8-23(20(19)2)30-10-12-31(13-11-30)25(36)18-34-24-9-5-7-22(24)26(29-34)28(38)33-16-14-32(15-17-33)27(37)21(3)35/h4,6,8,21,35H,5,7,9-18H2,1-3H3/t21-/m0/s1. The number of carbonyl (C=O) groups is 3. The second-order valence-electron chi connectivity index (χ2n) is 10.7. The normalized spacial score (nSPS) is 18.5. The van der Waals surface area contributed by atoms with E-state index in [-0.39, 0.29) is 24.3 Å². The Morgan fingerprint density at radius 1 is 0.921 bits per heavy atom. The van der Waals surface area contributed by atoms with Crippen LogP contribution in [0, 0.1) is 13.8 Å². The molecule has 0 spiro atoms. The minimum absolute atomic E-state index is 0.0343. The van der Waals surface area contributed by atoms with E-state index < -0.39 is 6.10 Å². The highest BCUT2D eigenvalue weighted by atomic mass is 16.3. The Hall–Kier alpha value is -3.40. The number of rotatable bonds is 5. The van der Waals surface area contributed by atoms with Gasteiger partial charge in [-0.1, -0.05) is 12.1 Å². The summed E-state index contributed by atoms with van der Waals surface area (Å²) in [6, 6.07) is 6.36. The van der Waals surface area contributed by atoms with Crippen LogP contribution < -0.4 is 4.90 Å². The Morgan fingerprint density at radius 2 is 1.58 bits per heavy atom. The fraction of sp³-hybridized carbons (Fsp3) is 0.571. The highest BCUT2D eigenvalue weighted by Crippen LogP contribution is 2.27. The molecule has 2 aliphatic heterocycles. The fourth-order valence-corrected chi connectivity index (χ4v) is 5.86. The molecular weight excluding hydrogens is 484 g/mol. The molecular formula is C28H38N6O4. The first-order valence-electron chi connectivity index (χ1n) is 13.7. The molecule has 3 amide bonds. The Kier molecular flexibility index (Phi) is 7.43. The van der Waals surface area contributed by atoms with Gasteiger partial charge in [0.2, 0.25) is 5.91 Å². The fourth-order valence-electron chi connectivity index (χ4n) is 5.86. The van der Waals surface area contributed by atoms with E-state index in [9.17, 15) is 19.5 Å². The number of amides is 3.